The highest BCUT2D eigenvalue weighted by Crippen LogP contribution is 2.18. The first-order valence-electron chi connectivity index (χ1n) is 3.55. The minimum absolute atomic E-state index is 0.0743. The molecular formula is C6H12F3NO2. The molecule has 12 heavy (non-hydrogen) atoms. The molecule has 0 aliphatic carbocycles. The predicted octanol–water partition coefficient (Wildman–Crippen LogP) is -0.118. The zero-order valence-corrected chi connectivity index (χ0v) is 6.43. The molecule has 1 atom stereocenters. The molecule has 0 amide bonds. The van der Waals surface area contributed by atoms with Gasteiger partial charge < -0.3 is 15.5 Å². The fourth-order valence-corrected chi connectivity index (χ4v) is 0.559. The Morgan fingerprint density at radius 3 is 2.33 bits per heavy atom. The summed E-state index contributed by atoms with van der Waals surface area (Å²) >= 11 is 0. The molecule has 0 heterocycles. The monoisotopic (exact) mass is 187 g/mol. The minimum atomic E-state index is -4.56. The highest BCUT2D eigenvalue weighted by atomic mass is 19.4. The van der Waals surface area contributed by atoms with Crippen LogP contribution in [0.4, 0.5) is 13.2 Å². The number of nitrogens with one attached hydrogen (secondary N) is 1. The maximum atomic E-state index is 11.6. The van der Waals surface area contributed by atoms with Gasteiger partial charge in [0.2, 0.25) is 0 Å². The summed E-state index contributed by atoms with van der Waals surface area (Å²) in [5.41, 5.74) is 0. The van der Waals surface area contributed by atoms with Gasteiger partial charge in [-0.05, 0) is 13.0 Å². The third kappa shape index (κ3) is 5.34. The molecule has 3 N–H and O–H groups in total. The van der Waals surface area contributed by atoms with Crippen molar-refractivity contribution in [3.63, 3.8) is 0 Å². The van der Waals surface area contributed by atoms with Crippen molar-refractivity contribution in [1.82, 2.24) is 5.32 Å². The second-order valence-electron chi connectivity index (χ2n) is 2.34. The quantitative estimate of drug-likeness (QED) is 0.526. The van der Waals surface area contributed by atoms with Gasteiger partial charge in [-0.15, -0.1) is 0 Å². The molecule has 0 fully saturated rings. The largest absolute Gasteiger partial charge is 0.415 e. The first kappa shape index (κ1) is 11.7. The second kappa shape index (κ2) is 5.34. The van der Waals surface area contributed by atoms with E-state index >= 15 is 0 Å². The summed E-state index contributed by atoms with van der Waals surface area (Å²) in [5, 5.41) is 19.1. The minimum Gasteiger partial charge on any atom is -0.396 e. The number of hydrogen-bond acceptors (Lipinski definition) is 3. The molecule has 74 valence electrons. The Morgan fingerprint density at radius 2 is 1.92 bits per heavy atom. The van der Waals surface area contributed by atoms with Crippen LogP contribution in [0.2, 0.25) is 0 Å². The van der Waals surface area contributed by atoms with Crippen molar-refractivity contribution in [2.45, 2.75) is 18.7 Å². The highest BCUT2D eigenvalue weighted by molar-refractivity contribution is 4.67. The van der Waals surface area contributed by atoms with Gasteiger partial charge in [0.05, 0.1) is 0 Å². The molecule has 0 rings (SSSR count). The lowest BCUT2D eigenvalue weighted by Gasteiger charge is -2.14. The number of alkyl halides is 3. The van der Waals surface area contributed by atoms with Crippen LogP contribution in [0.25, 0.3) is 0 Å². The summed E-state index contributed by atoms with van der Waals surface area (Å²) in [7, 11) is 0. The lowest BCUT2D eigenvalue weighted by Crippen LogP contribution is -2.38. The fraction of sp³-hybridized carbons (Fsp3) is 1.00. The average Bonchev–Trinajstić information content (AvgIpc) is 1.96. The van der Waals surface area contributed by atoms with E-state index in [1.165, 1.54) is 0 Å². The number of rotatable bonds is 5. The van der Waals surface area contributed by atoms with Gasteiger partial charge in [0, 0.05) is 13.2 Å². The topological polar surface area (TPSA) is 52.5 Å². The molecule has 0 radical (unpaired) electrons. The van der Waals surface area contributed by atoms with Crippen molar-refractivity contribution < 1.29 is 23.4 Å². The van der Waals surface area contributed by atoms with Crippen LogP contribution in [0.3, 0.4) is 0 Å². The Bertz CT molecular complexity index is 118. The maximum absolute atomic E-state index is 11.6. The van der Waals surface area contributed by atoms with Crippen molar-refractivity contribution in [1.29, 1.82) is 0 Å². The van der Waals surface area contributed by atoms with Gasteiger partial charge >= 0.3 is 6.18 Å². The normalized spacial score (nSPS) is 14.8. The third-order valence-corrected chi connectivity index (χ3v) is 1.23. The SMILES string of the molecule is OCCCNC[C@@H](O)C(F)(F)F. The molecule has 0 aromatic heterocycles. The summed E-state index contributed by atoms with van der Waals surface area (Å²) in [6.45, 7) is -0.331. The Labute approximate surface area is 68.2 Å². The first-order chi connectivity index (χ1) is 5.48. The van der Waals surface area contributed by atoms with E-state index in [-0.39, 0.29) is 13.2 Å². The van der Waals surface area contributed by atoms with Crippen molar-refractivity contribution in [3.05, 3.63) is 0 Å². The Balaban J connectivity index is 3.38. The molecule has 0 spiro atoms. The molecule has 0 aliphatic rings. The van der Waals surface area contributed by atoms with Crippen molar-refractivity contribution in [2.75, 3.05) is 19.7 Å². The van der Waals surface area contributed by atoms with E-state index in [0.29, 0.717) is 6.42 Å². The average molecular weight is 187 g/mol. The zero-order chi connectivity index (χ0) is 9.61. The van der Waals surface area contributed by atoms with E-state index in [4.69, 9.17) is 10.2 Å². The third-order valence-electron chi connectivity index (χ3n) is 1.23. The lowest BCUT2D eigenvalue weighted by molar-refractivity contribution is -0.201. The smallest absolute Gasteiger partial charge is 0.396 e. The van der Waals surface area contributed by atoms with Crippen LogP contribution >= 0.6 is 0 Å². The molecule has 0 aliphatic heterocycles. The molecule has 6 heteroatoms. The lowest BCUT2D eigenvalue weighted by atomic mass is 10.3. The summed E-state index contributed by atoms with van der Waals surface area (Å²) in [6, 6.07) is 0. The van der Waals surface area contributed by atoms with E-state index < -0.39 is 18.8 Å². The van der Waals surface area contributed by atoms with E-state index in [2.05, 4.69) is 5.32 Å². The number of hydrogen-bond donors (Lipinski definition) is 3. The summed E-state index contributed by atoms with van der Waals surface area (Å²) in [4.78, 5) is 0. The van der Waals surface area contributed by atoms with E-state index in [9.17, 15) is 13.2 Å². The van der Waals surface area contributed by atoms with Crippen molar-refractivity contribution >= 4 is 0 Å². The van der Waals surface area contributed by atoms with Gasteiger partial charge in [-0.2, -0.15) is 13.2 Å². The first-order valence-corrected chi connectivity index (χ1v) is 3.55. The maximum Gasteiger partial charge on any atom is 0.415 e. The van der Waals surface area contributed by atoms with Gasteiger partial charge in [0.15, 0.2) is 6.10 Å². The van der Waals surface area contributed by atoms with Crippen LogP contribution in [-0.4, -0.2) is 42.2 Å². The molecule has 3 nitrogen and oxygen atoms in total. The Kier molecular flexibility index (Phi) is 5.19. The van der Waals surface area contributed by atoms with Gasteiger partial charge in [0.1, 0.15) is 0 Å². The number of aliphatic hydroxyl groups excluding tert-OH is 2. The molecule has 0 aromatic carbocycles. The zero-order valence-electron chi connectivity index (χ0n) is 6.43. The number of halogens is 3. The number of aliphatic hydroxyl groups is 2. The summed E-state index contributed by atoms with van der Waals surface area (Å²) < 4.78 is 34.9. The van der Waals surface area contributed by atoms with E-state index in [1.54, 1.807) is 0 Å². The second-order valence-corrected chi connectivity index (χ2v) is 2.34. The van der Waals surface area contributed by atoms with Crippen LogP contribution in [0.5, 0.6) is 0 Å². The van der Waals surface area contributed by atoms with Gasteiger partial charge in [0.25, 0.3) is 0 Å². The predicted molar refractivity (Wildman–Crippen MR) is 36.6 cm³/mol. The molecule has 0 unspecified atom stereocenters. The van der Waals surface area contributed by atoms with Gasteiger partial charge in [-0.1, -0.05) is 0 Å². The summed E-state index contributed by atoms with van der Waals surface area (Å²) in [5.74, 6) is 0. The van der Waals surface area contributed by atoms with Crippen LogP contribution in [0.1, 0.15) is 6.42 Å². The Morgan fingerprint density at radius 1 is 1.33 bits per heavy atom. The van der Waals surface area contributed by atoms with Crippen LogP contribution in [0, 0.1) is 0 Å². The van der Waals surface area contributed by atoms with Gasteiger partial charge in [-0.3, -0.25) is 0 Å². The molecule has 0 bridgehead atoms. The van der Waals surface area contributed by atoms with E-state index in [0.717, 1.165) is 0 Å². The molecule has 0 saturated carbocycles. The molecular weight excluding hydrogens is 175 g/mol. The molecule has 0 saturated heterocycles. The van der Waals surface area contributed by atoms with Crippen LogP contribution < -0.4 is 5.32 Å². The van der Waals surface area contributed by atoms with Crippen molar-refractivity contribution in [3.8, 4) is 0 Å². The van der Waals surface area contributed by atoms with Crippen LogP contribution in [0.15, 0.2) is 0 Å². The molecule has 0 aromatic rings. The van der Waals surface area contributed by atoms with Gasteiger partial charge in [-0.25, -0.2) is 0 Å². The Hall–Kier alpha value is -0.330. The summed E-state index contributed by atoms with van der Waals surface area (Å²) in [6.07, 6.45) is -6.51. The van der Waals surface area contributed by atoms with E-state index in [1.807, 2.05) is 0 Å². The van der Waals surface area contributed by atoms with Crippen LogP contribution in [-0.2, 0) is 0 Å². The fourth-order valence-electron chi connectivity index (χ4n) is 0.559. The highest BCUT2D eigenvalue weighted by Gasteiger charge is 2.37. The standard InChI is InChI=1S/C6H12F3NO2/c7-6(8,9)5(12)4-10-2-1-3-11/h5,10-12H,1-4H2/t5-/m1/s1. The van der Waals surface area contributed by atoms with Crippen molar-refractivity contribution in [2.24, 2.45) is 0 Å².